The molecule has 0 heterocycles. The quantitative estimate of drug-likeness (QED) is 0.527. The predicted molar refractivity (Wildman–Crippen MR) is 51.5 cm³/mol. The third kappa shape index (κ3) is 2.02. The first-order chi connectivity index (χ1) is 6.69. The normalized spacial score (nSPS) is 8.71. The van der Waals surface area contributed by atoms with Crippen molar-refractivity contribution in [3.8, 4) is 0 Å². The largest absolute Gasteiger partial charge is 0.240 e. The number of benzene rings is 1. The minimum atomic E-state index is 0.348. The minimum absolute atomic E-state index is 0.348. The van der Waals surface area contributed by atoms with E-state index in [1.165, 1.54) is 12.2 Å². The lowest BCUT2D eigenvalue weighted by Gasteiger charge is -2.02. The molecular weight excluding hydrogens is 180 g/mol. The van der Waals surface area contributed by atoms with Crippen molar-refractivity contribution in [3.63, 3.8) is 0 Å². The van der Waals surface area contributed by atoms with Crippen molar-refractivity contribution in [2.24, 2.45) is 9.98 Å². The molecule has 70 valence electrons. The van der Waals surface area contributed by atoms with Gasteiger partial charge in [0.1, 0.15) is 11.4 Å². The van der Waals surface area contributed by atoms with Gasteiger partial charge in [-0.2, -0.15) is 9.98 Å². The third-order valence-electron chi connectivity index (χ3n) is 1.75. The highest BCUT2D eigenvalue weighted by molar-refractivity contribution is 5.72. The molecular formula is C10H8N2O2. The Morgan fingerprint density at radius 3 is 2.29 bits per heavy atom. The SMILES string of the molecule is Cc1cc(C)c(N=C=O)c(N=C=O)c1. The molecule has 0 bridgehead atoms. The first-order valence-corrected chi connectivity index (χ1v) is 3.96. The molecule has 0 fully saturated rings. The van der Waals surface area contributed by atoms with Crippen LogP contribution in [0.1, 0.15) is 11.1 Å². The number of rotatable bonds is 2. The summed E-state index contributed by atoms with van der Waals surface area (Å²) in [7, 11) is 0. The van der Waals surface area contributed by atoms with E-state index < -0.39 is 0 Å². The van der Waals surface area contributed by atoms with Crippen LogP contribution in [0.25, 0.3) is 0 Å². The van der Waals surface area contributed by atoms with Crippen molar-refractivity contribution in [2.45, 2.75) is 13.8 Å². The molecule has 0 aliphatic heterocycles. The van der Waals surface area contributed by atoms with Crippen LogP contribution in [0.5, 0.6) is 0 Å². The van der Waals surface area contributed by atoms with Crippen LogP contribution >= 0.6 is 0 Å². The maximum absolute atomic E-state index is 10.1. The molecule has 0 atom stereocenters. The van der Waals surface area contributed by atoms with Crippen LogP contribution in [0.4, 0.5) is 11.4 Å². The van der Waals surface area contributed by atoms with E-state index in [0.29, 0.717) is 11.4 Å². The maximum atomic E-state index is 10.1. The van der Waals surface area contributed by atoms with Gasteiger partial charge in [0, 0.05) is 0 Å². The van der Waals surface area contributed by atoms with Crippen molar-refractivity contribution in [1.82, 2.24) is 0 Å². The van der Waals surface area contributed by atoms with Gasteiger partial charge in [-0.25, -0.2) is 9.59 Å². The molecule has 0 unspecified atom stereocenters. The second kappa shape index (κ2) is 4.28. The van der Waals surface area contributed by atoms with Gasteiger partial charge in [0.05, 0.1) is 0 Å². The molecule has 1 aromatic rings. The Bertz CT molecular complexity index is 453. The number of aliphatic imine (C=N–C) groups is 2. The number of isocyanates is 2. The highest BCUT2D eigenvalue weighted by Gasteiger charge is 2.05. The molecule has 0 aliphatic rings. The zero-order chi connectivity index (χ0) is 10.6. The first kappa shape index (κ1) is 10.1. The van der Waals surface area contributed by atoms with Gasteiger partial charge < -0.3 is 0 Å². The van der Waals surface area contributed by atoms with Crippen molar-refractivity contribution in [2.75, 3.05) is 0 Å². The van der Waals surface area contributed by atoms with Crippen molar-refractivity contribution in [3.05, 3.63) is 23.3 Å². The fourth-order valence-corrected chi connectivity index (χ4v) is 1.26. The standard InChI is InChI=1S/C10H8N2O2/c1-7-3-8(2)10(12-6-14)9(4-7)11-5-13/h3-4H,1-2H3. The summed E-state index contributed by atoms with van der Waals surface area (Å²) < 4.78 is 0. The fraction of sp³-hybridized carbons (Fsp3) is 0.200. The molecule has 0 saturated carbocycles. The molecule has 4 nitrogen and oxygen atoms in total. The topological polar surface area (TPSA) is 58.9 Å². The zero-order valence-corrected chi connectivity index (χ0v) is 7.87. The van der Waals surface area contributed by atoms with E-state index in [9.17, 15) is 9.59 Å². The lowest BCUT2D eigenvalue weighted by Crippen LogP contribution is -1.79. The molecule has 4 heteroatoms. The summed E-state index contributed by atoms with van der Waals surface area (Å²) in [5, 5.41) is 0. The number of hydrogen-bond donors (Lipinski definition) is 0. The highest BCUT2D eigenvalue weighted by Crippen LogP contribution is 2.31. The average Bonchev–Trinajstić information content (AvgIpc) is 2.11. The molecule has 0 radical (unpaired) electrons. The Morgan fingerprint density at radius 1 is 1.07 bits per heavy atom. The van der Waals surface area contributed by atoms with Gasteiger partial charge in [-0.3, -0.25) is 0 Å². The smallest absolute Gasteiger partial charge is 0.211 e. The van der Waals surface area contributed by atoms with Gasteiger partial charge in [0.15, 0.2) is 0 Å². The number of aryl methyl sites for hydroxylation is 2. The van der Waals surface area contributed by atoms with Gasteiger partial charge >= 0.3 is 0 Å². The van der Waals surface area contributed by atoms with Crippen LogP contribution in [0.2, 0.25) is 0 Å². The molecule has 1 rings (SSSR count). The Morgan fingerprint density at radius 2 is 1.71 bits per heavy atom. The molecule has 0 aromatic heterocycles. The van der Waals surface area contributed by atoms with Crippen LogP contribution in [0.3, 0.4) is 0 Å². The Hall–Kier alpha value is -2.02. The van der Waals surface area contributed by atoms with Crippen LogP contribution in [-0.4, -0.2) is 12.2 Å². The summed E-state index contributed by atoms with van der Waals surface area (Å²) in [6.45, 7) is 3.65. The van der Waals surface area contributed by atoms with Crippen LogP contribution in [-0.2, 0) is 9.59 Å². The summed E-state index contributed by atoms with van der Waals surface area (Å²) >= 11 is 0. The monoisotopic (exact) mass is 188 g/mol. The van der Waals surface area contributed by atoms with Crippen LogP contribution in [0, 0.1) is 13.8 Å². The fourth-order valence-electron chi connectivity index (χ4n) is 1.26. The lowest BCUT2D eigenvalue weighted by atomic mass is 10.1. The molecule has 1 aromatic carbocycles. The maximum Gasteiger partial charge on any atom is 0.240 e. The first-order valence-electron chi connectivity index (χ1n) is 3.96. The summed E-state index contributed by atoms with van der Waals surface area (Å²) in [4.78, 5) is 27.2. The summed E-state index contributed by atoms with van der Waals surface area (Å²) in [5.41, 5.74) is 2.44. The summed E-state index contributed by atoms with van der Waals surface area (Å²) in [6, 6.07) is 3.51. The summed E-state index contributed by atoms with van der Waals surface area (Å²) in [5.74, 6) is 0. The Labute approximate surface area is 81.0 Å². The van der Waals surface area contributed by atoms with Gasteiger partial charge in [-0.1, -0.05) is 6.07 Å². The average molecular weight is 188 g/mol. The second-order valence-electron chi connectivity index (χ2n) is 2.86. The van der Waals surface area contributed by atoms with Gasteiger partial charge in [-0.15, -0.1) is 0 Å². The zero-order valence-electron chi connectivity index (χ0n) is 7.87. The van der Waals surface area contributed by atoms with Gasteiger partial charge in [-0.05, 0) is 31.0 Å². The van der Waals surface area contributed by atoms with E-state index >= 15 is 0 Å². The van der Waals surface area contributed by atoms with Crippen LogP contribution < -0.4 is 0 Å². The van der Waals surface area contributed by atoms with Crippen molar-refractivity contribution < 1.29 is 9.59 Å². The summed E-state index contributed by atoms with van der Waals surface area (Å²) in [6.07, 6.45) is 2.85. The molecule has 14 heavy (non-hydrogen) atoms. The van der Waals surface area contributed by atoms with Gasteiger partial charge in [0.25, 0.3) is 0 Å². The van der Waals surface area contributed by atoms with Gasteiger partial charge in [0.2, 0.25) is 12.2 Å². The molecule has 0 N–H and O–H groups in total. The van der Waals surface area contributed by atoms with Crippen LogP contribution in [0.15, 0.2) is 22.1 Å². The number of hydrogen-bond acceptors (Lipinski definition) is 4. The van der Waals surface area contributed by atoms with E-state index in [1.54, 1.807) is 13.0 Å². The predicted octanol–water partition coefficient (Wildman–Crippen LogP) is 2.24. The number of carbonyl (C=O) groups excluding carboxylic acids is 2. The Kier molecular flexibility index (Phi) is 3.08. The van der Waals surface area contributed by atoms with Crippen molar-refractivity contribution >= 4 is 23.5 Å². The van der Waals surface area contributed by atoms with E-state index in [1.807, 2.05) is 13.0 Å². The molecule has 0 amide bonds. The molecule has 0 saturated heterocycles. The van der Waals surface area contributed by atoms with Crippen molar-refractivity contribution in [1.29, 1.82) is 0 Å². The van der Waals surface area contributed by atoms with E-state index in [4.69, 9.17) is 0 Å². The minimum Gasteiger partial charge on any atom is -0.211 e. The van der Waals surface area contributed by atoms with E-state index in [2.05, 4.69) is 9.98 Å². The third-order valence-corrected chi connectivity index (χ3v) is 1.75. The lowest BCUT2D eigenvalue weighted by molar-refractivity contribution is 0.564. The second-order valence-corrected chi connectivity index (χ2v) is 2.86. The Balaban J connectivity index is 3.50. The molecule has 0 aliphatic carbocycles. The van der Waals surface area contributed by atoms with E-state index in [-0.39, 0.29) is 0 Å². The number of nitrogens with zero attached hydrogens (tertiary/aromatic N) is 2. The molecule has 0 spiro atoms. The highest BCUT2D eigenvalue weighted by atomic mass is 16.1. The van der Waals surface area contributed by atoms with E-state index in [0.717, 1.165) is 11.1 Å².